The van der Waals surface area contributed by atoms with E-state index in [-0.39, 0.29) is 0 Å². The summed E-state index contributed by atoms with van der Waals surface area (Å²) >= 11 is 3.93. The van der Waals surface area contributed by atoms with E-state index in [2.05, 4.69) is 21.9 Å². The second kappa shape index (κ2) is 11.8. The first-order valence-corrected chi connectivity index (χ1v) is 5.49. The SMILES string of the molecule is CC.CC(P)S.Oc1ccccc1. The molecule has 0 aliphatic rings. The average molecular weight is 218 g/mol. The molecule has 0 bridgehead atoms. The van der Waals surface area contributed by atoms with Gasteiger partial charge in [0.25, 0.3) is 0 Å². The summed E-state index contributed by atoms with van der Waals surface area (Å²) in [6, 6.07) is 8.71. The molecular weight excluding hydrogens is 199 g/mol. The van der Waals surface area contributed by atoms with Gasteiger partial charge >= 0.3 is 0 Å². The number of rotatable bonds is 0. The number of para-hydroxylation sites is 1. The highest BCUT2D eigenvalue weighted by Crippen LogP contribution is 2.02. The van der Waals surface area contributed by atoms with E-state index in [1.54, 1.807) is 24.3 Å². The molecule has 76 valence electrons. The van der Waals surface area contributed by atoms with Crippen molar-refractivity contribution in [3.63, 3.8) is 0 Å². The maximum absolute atomic E-state index is 8.63. The van der Waals surface area contributed by atoms with Crippen LogP contribution in [-0.2, 0) is 0 Å². The normalized spacial score (nSPS) is 9.92. The number of hydrogen-bond acceptors (Lipinski definition) is 2. The molecule has 0 heterocycles. The first-order valence-electron chi connectivity index (χ1n) is 4.30. The molecule has 0 aliphatic heterocycles. The van der Waals surface area contributed by atoms with Crippen LogP contribution in [0.5, 0.6) is 5.75 Å². The van der Waals surface area contributed by atoms with Crippen molar-refractivity contribution >= 4 is 21.9 Å². The number of thiol groups is 1. The van der Waals surface area contributed by atoms with Crippen molar-refractivity contribution in [1.29, 1.82) is 0 Å². The maximum Gasteiger partial charge on any atom is 0.115 e. The summed E-state index contributed by atoms with van der Waals surface area (Å²) < 4.78 is 0. The maximum atomic E-state index is 8.63. The van der Waals surface area contributed by atoms with Gasteiger partial charge in [0.15, 0.2) is 0 Å². The lowest BCUT2D eigenvalue weighted by Crippen LogP contribution is -1.62. The molecule has 1 N–H and O–H groups in total. The summed E-state index contributed by atoms with van der Waals surface area (Å²) in [7, 11) is 2.52. The monoisotopic (exact) mass is 218 g/mol. The average Bonchev–Trinajstić information content (AvgIpc) is 2.08. The number of hydrogen-bond donors (Lipinski definition) is 2. The summed E-state index contributed by atoms with van der Waals surface area (Å²) in [4.78, 5) is 0.444. The van der Waals surface area contributed by atoms with Crippen LogP contribution in [0.3, 0.4) is 0 Å². The molecule has 1 nitrogen and oxygen atoms in total. The van der Waals surface area contributed by atoms with Crippen LogP contribution < -0.4 is 0 Å². The molecule has 0 aliphatic carbocycles. The topological polar surface area (TPSA) is 20.2 Å². The third-order valence-corrected chi connectivity index (χ3v) is 0.756. The fourth-order valence-corrected chi connectivity index (χ4v) is 0.428. The van der Waals surface area contributed by atoms with Gasteiger partial charge in [-0.2, -0.15) is 12.6 Å². The molecular formula is C10H19OPS. The van der Waals surface area contributed by atoms with Crippen LogP contribution in [0.25, 0.3) is 0 Å². The number of phenolic OH excluding ortho intramolecular Hbond substituents is 1. The van der Waals surface area contributed by atoms with E-state index in [0.29, 0.717) is 10.7 Å². The van der Waals surface area contributed by atoms with Crippen LogP contribution in [-0.4, -0.2) is 10.1 Å². The van der Waals surface area contributed by atoms with Gasteiger partial charge in [0, 0.05) is 4.99 Å². The molecule has 0 fully saturated rings. The van der Waals surface area contributed by atoms with Gasteiger partial charge in [-0.05, 0) is 12.1 Å². The Hall–Kier alpha value is -0.200. The lowest BCUT2D eigenvalue weighted by atomic mass is 10.3. The zero-order valence-corrected chi connectivity index (χ0v) is 10.5. The van der Waals surface area contributed by atoms with Crippen molar-refractivity contribution in [3.8, 4) is 5.75 Å². The number of benzene rings is 1. The Labute approximate surface area is 89.2 Å². The Morgan fingerprint density at radius 2 is 1.54 bits per heavy atom. The molecule has 0 spiro atoms. The Bertz CT molecular complexity index is 175. The van der Waals surface area contributed by atoms with Gasteiger partial charge < -0.3 is 5.11 Å². The van der Waals surface area contributed by atoms with Gasteiger partial charge in [0.2, 0.25) is 0 Å². The molecule has 13 heavy (non-hydrogen) atoms. The fraction of sp³-hybridized carbons (Fsp3) is 0.400. The number of aromatic hydroxyl groups is 1. The fourth-order valence-electron chi connectivity index (χ4n) is 0.428. The van der Waals surface area contributed by atoms with Crippen molar-refractivity contribution in [1.82, 2.24) is 0 Å². The highest BCUT2D eigenvalue weighted by atomic mass is 32.1. The van der Waals surface area contributed by atoms with Gasteiger partial charge in [0.1, 0.15) is 5.75 Å². The van der Waals surface area contributed by atoms with E-state index in [0.717, 1.165) is 0 Å². The summed E-state index contributed by atoms with van der Waals surface area (Å²) in [6.07, 6.45) is 0. The highest BCUT2D eigenvalue weighted by Gasteiger charge is 1.74. The van der Waals surface area contributed by atoms with Crippen molar-refractivity contribution in [3.05, 3.63) is 30.3 Å². The Kier molecular flexibility index (Phi) is 13.9. The summed E-state index contributed by atoms with van der Waals surface area (Å²) in [5, 5.41) is 8.63. The Morgan fingerprint density at radius 1 is 1.23 bits per heavy atom. The lowest BCUT2D eigenvalue weighted by Gasteiger charge is -1.82. The minimum Gasteiger partial charge on any atom is -0.508 e. The summed E-state index contributed by atoms with van der Waals surface area (Å²) in [5.74, 6) is 0.322. The van der Waals surface area contributed by atoms with E-state index in [4.69, 9.17) is 5.11 Å². The zero-order valence-electron chi connectivity index (χ0n) is 8.44. The van der Waals surface area contributed by atoms with E-state index >= 15 is 0 Å². The van der Waals surface area contributed by atoms with Gasteiger partial charge in [-0.15, -0.1) is 9.24 Å². The summed E-state index contributed by atoms with van der Waals surface area (Å²) in [5.41, 5.74) is 0. The van der Waals surface area contributed by atoms with E-state index < -0.39 is 0 Å². The third-order valence-electron chi connectivity index (χ3n) is 0.756. The number of phenols is 1. The second-order valence-electron chi connectivity index (χ2n) is 2.08. The lowest BCUT2D eigenvalue weighted by molar-refractivity contribution is 0.475. The first-order chi connectivity index (χ1) is 6.13. The van der Waals surface area contributed by atoms with Crippen LogP contribution in [0.15, 0.2) is 30.3 Å². The van der Waals surface area contributed by atoms with Crippen molar-refractivity contribution in [2.24, 2.45) is 0 Å². The molecule has 1 aromatic rings. The molecule has 0 saturated heterocycles. The predicted molar refractivity (Wildman–Crippen MR) is 67.6 cm³/mol. The molecule has 3 heteroatoms. The van der Waals surface area contributed by atoms with Gasteiger partial charge in [-0.25, -0.2) is 0 Å². The molecule has 0 amide bonds. The van der Waals surface area contributed by atoms with Crippen molar-refractivity contribution < 1.29 is 5.11 Å². The molecule has 0 aromatic heterocycles. The van der Waals surface area contributed by atoms with Crippen LogP contribution in [0, 0.1) is 0 Å². The van der Waals surface area contributed by atoms with E-state index in [1.807, 2.05) is 26.8 Å². The highest BCUT2D eigenvalue weighted by molar-refractivity contribution is 7.85. The minimum atomic E-state index is 0.322. The molecule has 0 radical (unpaired) electrons. The molecule has 2 atom stereocenters. The Morgan fingerprint density at radius 3 is 1.69 bits per heavy atom. The minimum absolute atomic E-state index is 0.322. The van der Waals surface area contributed by atoms with Crippen LogP contribution in [0.2, 0.25) is 0 Å². The van der Waals surface area contributed by atoms with Crippen LogP contribution in [0.4, 0.5) is 0 Å². The van der Waals surface area contributed by atoms with Crippen molar-refractivity contribution in [2.45, 2.75) is 25.8 Å². The van der Waals surface area contributed by atoms with E-state index in [9.17, 15) is 0 Å². The van der Waals surface area contributed by atoms with Gasteiger partial charge in [0.05, 0.1) is 0 Å². The molecule has 0 saturated carbocycles. The Balaban J connectivity index is 0. The largest absolute Gasteiger partial charge is 0.508 e. The van der Waals surface area contributed by atoms with Gasteiger partial charge in [-0.3, -0.25) is 0 Å². The van der Waals surface area contributed by atoms with Crippen LogP contribution >= 0.6 is 21.9 Å². The van der Waals surface area contributed by atoms with E-state index in [1.165, 1.54) is 0 Å². The zero-order chi connectivity index (χ0) is 10.7. The molecule has 1 aromatic carbocycles. The second-order valence-corrected chi connectivity index (χ2v) is 4.45. The van der Waals surface area contributed by atoms with Gasteiger partial charge in [-0.1, -0.05) is 39.0 Å². The quantitative estimate of drug-likeness (QED) is 0.504. The van der Waals surface area contributed by atoms with Crippen LogP contribution in [0.1, 0.15) is 20.8 Å². The smallest absolute Gasteiger partial charge is 0.115 e. The standard InChI is InChI=1S/C6H6O.C2H7PS.C2H6/c7-6-4-2-1-3-5-6;1-2(3)4;1-2/h1-5,7H;2,4H,3H2,1H3;1-2H3. The third kappa shape index (κ3) is 18.6. The summed E-state index contributed by atoms with van der Waals surface area (Å²) in [6.45, 7) is 5.99. The molecule has 1 rings (SSSR count). The molecule has 2 unspecified atom stereocenters. The predicted octanol–water partition coefficient (Wildman–Crippen LogP) is 3.56. The van der Waals surface area contributed by atoms with Crippen molar-refractivity contribution in [2.75, 3.05) is 0 Å². The first kappa shape index (κ1) is 15.3.